The first-order valence-electron chi connectivity index (χ1n) is 13.0. The SMILES string of the molecule is O=C(c1ccc(S(=O)(=O)N2CCCC2)cc1)N1CCN(C(=O)C23CC4CC(CC(C4)C2)C3)CC1. The Morgan fingerprint density at radius 3 is 1.76 bits per heavy atom. The van der Waals surface area contributed by atoms with Crippen LogP contribution in [-0.2, 0) is 14.8 Å². The van der Waals surface area contributed by atoms with Crippen LogP contribution in [0.3, 0.4) is 0 Å². The monoisotopic (exact) mass is 485 g/mol. The van der Waals surface area contributed by atoms with Crippen molar-refractivity contribution in [2.24, 2.45) is 23.2 Å². The summed E-state index contributed by atoms with van der Waals surface area (Å²) in [5.41, 5.74) is 0.374. The summed E-state index contributed by atoms with van der Waals surface area (Å²) in [6, 6.07) is 6.35. The van der Waals surface area contributed by atoms with Crippen LogP contribution in [0.15, 0.2) is 29.2 Å². The Hall–Kier alpha value is -1.93. The fourth-order valence-corrected chi connectivity index (χ4v) is 9.37. The Balaban J connectivity index is 1.08. The summed E-state index contributed by atoms with van der Waals surface area (Å²) in [7, 11) is -3.48. The minimum Gasteiger partial charge on any atom is -0.339 e. The number of hydrogen-bond acceptors (Lipinski definition) is 4. The summed E-state index contributed by atoms with van der Waals surface area (Å²) in [4.78, 5) is 30.7. The first kappa shape index (κ1) is 22.5. The smallest absolute Gasteiger partial charge is 0.253 e. The summed E-state index contributed by atoms with van der Waals surface area (Å²) in [5.74, 6) is 2.49. The van der Waals surface area contributed by atoms with E-state index in [0.29, 0.717) is 50.7 Å². The molecule has 0 N–H and O–H groups in total. The van der Waals surface area contributed by atoms with Crippen molar-refractivity contribution in [2.45, 2.75) is 56.3 Å². The van der Waals surface area contributed by atoms with Crippen molar-refractivity contribution in [1.82, 2.24) is 14.1 Å². The Morgan fingerprint density at radius 2 is 1.24 bits per heavy atom. The van der Waals surface area contributed by atoms with E-state index in [4.69, 9.17) is 0 Å². The number of hydrogen-bond donors (Lipinski definition) is 0. The van der Waals surface area contributed by atoms with E-state index in [9.17, 15) is 18.0 Å². The van der Waals surface area contributed by atoms with E-state index in [-0.39, 0.29) is 16.2 Å². The van der Waals surface area contributed by atoms with Gasteiger partial charge in [-0.3, -0.25) is 9.59 Å². The fourth-order valence-electron chi connectivity index (χ4n) is 7.85. The molecule has 1 aromatic carbocycles. The van der Waals surface area contributed by atoms with Gasteiger partial charge in [-0.15, -0.1) is 0 Å². The van der Waals surface area contributed by atoms with E-state index in [2.05, 4.69) is 0 Å². The predicted octanol–water partition coefficient (Wildman–Crippen LogP) is 2.97. The molecule has 0 atom stereocenters. The fraction of sp³-hybridized carbons (Fsp3) is 0.692. The zero-order valence-electron chi connectivity index (χ0n) is 19.8. The highest BCUT2D eigenvalue weighted by Crippen LogP contribution is 2.60. The van der Waals surface area contributed by atoms with Crippen molar-refractivity contribution >= 4 is 21.8 Å². The lowest BCUT2D eigenvalue weighted by Crippen LogP contribution is -2.58. The molecule has 0 unspecified atom stereocenters. The average Bonchev–Trinajstić information content (AvgIpc) is 3.39. The highest BCUT2D eigenvalue weighted by Gasteiger charge is 2.55. The Morgan fingerprint density at radius 1 is 0.735 bits per heavy atom. The number of benzene rings is 1. The molecule has 7 rings (SSSR count). The first-order valence-corrected chi connectivity index (χ1v) is 14.5. The third-order valence-corrected chi connectivity index (χ3v) is 11.1. The van der Waals surface area contributed by atoms with Crippen LogP contribution in [0.5, 0.6) is 0 Å². The molecule has 6 fully saturated rings. The molecule has 6 aliphatic rings. The third kappa shape index (κ3) is 3.77. The standard InChI is InChI=1S/C26H35N3O4S/c30-24(22-3-5-23(6-4-22)34(32,33)29-7-1-2-8-29)27-9-11-28(12-10-27)25(31)26-16-19-13-20(17-26)15-21(14-19)18-26/h3-6,19-21H,1-2,7-18H2. The summed E-state index contributed by atoms with van der Waals surface area (Å²) in [6.07, 6.45) is 8.99. The molecule has 4 saturated carbocycles. The maximum absolute atomic E-state index is 13.6. The van der Waals surface area contributed by atoms with Crippen LogP contribution in [0.25, 0.3) is 0 Å². The Labute approximate surface area is 202 Å². The summed E-state index contributed by atoms with van der Waals surface area (Å²) in [6.45, 7) is 3.38. The summed E-state index contributed by atoms with van der Waals surface area (Å²) in [5, 5.41) is 0. The third-order valence-electron chi connectivity index (χ3n) is 9.15. The molecule has 8 heteroatoms. The van der Waals surface area contributed by atoms with Crippen LogP contribution in [0.1, 0.15) is 61.7 Å². The lowest BCUT2D eigenvalue weighted by Gasteiger charge is -2.57. The molecule has 7 nitrogen and oxygen atoms in total. The van der Waals surface area contributed by atoms with Gasteiger partial charge in [-0.1, -0.05) is 0 Å². The molecule has 34 heavy (non-hydrogen) atoms. The topological polar surface area (TPSA) is 78.0 Å². The second-order valence-corrected chi connectivity index (χ2v) is 13.4. The van der Waals surface area contributed by atoms with Gasteiger partial charge < -0.3 is 9.80 Å². The maximum atomic E-state index is 13.6. The van der Waals surface area contributed by atoms with Gasteiger partial charge in [0.05, 0.1) is 10.3 Å². The molecule has 2 saturated heterocycles. The van der Waals surface area contributed by atoms with E-state index < -0.39 is 10.0 Å². The van der Waals surface area contributed by atoms with Gasteiger partial charge in [0.25, 0.3) is 5.91 Å². The van der Waals surface area contributed by atoms with E-state index in [0.717, 1.165) is 49.9 Å². The van der Waals surface area contributed by atoms with E-state index in [1.54, 1.807) is 29.2 Å². The number of rotatable bonds is 4. The van der Waals surface area contributed by atoms with Crippen LogP contribution in [0.2, 0.25) is 0 Å². The van der Waals surface area contributed by atoms with Crippen molar-refractivity contribution in [3.63, 3.8) is 0 Å². The van der Waals surface area contributed by atoms with Gasteiger partial charge in [0.1, 0.15) is 0 Å². The molecule has 0 aromatic heterocycles. The van der Waals surface area contributed by atoms with E-state index in [1.165, 1.54) is 23.6 Å². The normalized spacial score (nSPS) is 33.5. The number of carbonyl (C=O) groups is 2. The second-order valence-electron chi connectivity index (χ2n) is 11.4. The van der Waals surface area contributed by atoms with Crippen molar-refractivity contribution < 1.29 is 18.0 Å². The van der Waals surface area contributed by atoms with Gasteiger partial charge in [-0.05, 0) is 93.4 Å². The highest BCUT2D eigenvalue weighted by atomic mass is 32.2. The summed E-state index contributed by atoms with van der Waals surface area (Å²) < 4.78 is 27.0. The number of amides is 2. The van der Waals surface area contributed by atoms with E-state index >= 15 is 0 Å². The molecule has 2 heterocycles. The first-order chi connectivity index (χ1) is 16.3. The largest absolute Gasteiger partial charge is 0.339 e. The minimum atomic E-state index is -3.48. The maximum Gasteiger partial charge on any atom is 0.253 e. The molecule has 0 radical (unpaired) electrons. The van der Waals surface area contributed by atoms with Crippen LogP contribution >= 0.6 is 0 Å². The molecule has 0 spiro atoms. The number of nitrogens with zero attached hydrogens (tertiary/aromatic N) is 3. The molecule has 2 aliphatic heterocycles. The van der Waals surface area contributed by atoms with Gasteiger partial charge in [-0.2, -0.15) is 4.31 Å². The van der Waals surface area contributed by atoms with Crippen LogP contribution in [0.4, 0.5) is 0 Å². The van der Waals surface area contributed by atoms with Crippen molar-refractivity contribution in [3.8, 4) is 0 Å². The quantitative estimate of drug-likeness (QED) is 0.657. The lowest BCUT2D eigenvalue weighted by atomic mass is 9.49. The second kappa shape index (κ2) is 8.33. The van der Waals surface area contributed by atoms with Crippen LogP contribution in [0, 0.1) is 23.2 Å². The van der Waals surface area contributed by atoms with Crippen molar-refractivity contribution in [3.05, 3.63) is 29.8 Å². The van der Waals surface area contributed by atoms with Crippen molar-refractivity contribution in [2.75, 3.05) is 39.3 Å². The van der Waals surface area contributed by atoms with Gasteiger partial charge in [0.15, 0.2) is 0 Å². The van der Waals surface area contributed by atoms with Gasteiger partial charge in [0, 0.05) is 44.8 Å². The lowest BCUT2D eigenvalue weighted by molar-refractivity contribution is -0.159. The Bertz CT molecular complexity index is 1030. The zero-order valence-corrected chi connectivity index (χ0v) is 20.6. The van der Waals surface area contributed by atoms with Crippen molar-refractivity contribution in [1.29, 1.82) is 0 Å². The average molecular weight is 486 g/mol. The molecule has 4 aliphatic carbocycles. The number of sulfonamides is 1. The molecule has 1 aromatic rings. The predicted molar refractivity (Wildman–Crippen MR) is 128 cm³/mol. The number of carbonyl (C=O) groups excluding carboxylic acids is 2. The minimum absolute atomic E-state index is 0.0907. The van der Waals surface area contributed by atoms with Crippen LogP contribution in [-0.4, -0.2) is 73.6 Å². The van der Waals surface area contributed by atoms with E-state index in [1.807, 2.05) is 4.90 Å². The van der Waals surface area contributed by atoms with Gasteiger partial charge in [-0.25, -0.2) is 8.42 Å². The highest BCUT2D eigenvalue weighted by molar-refractivity contribution is 7.89. The molecular weight excluding hydrogens is 450 g/mol. The molecule has 184 valence electrons. The Kier molecular flexibility index (Phi) is 5.52. The zero-order chi connectivity index (χ0) is 23.5. The molecule has 4 bridgehead atoms. The number of piperazine rings is 1. The van der Waals surface area contributed by atoms with Gasteiger partial charge >= 0.3 is 0 Å². The molecular formula is C26H35N3O4S. The van der Waals surface area contributed by atoms with Crippen LogP contribution < -0.4 is 0 Å². The van der Waals surface area contributed by atoms with Gasteiger partial charge in [0.2, 0.25) is 15.9 Å². The molecule has 2 amide bonds. The summed E-state index contributed by atoms with van der Waals surface area (Å²) >= 11 is 0.